The normalized spacial score (nSPS) is 40.7. The Kier molecular flexibility index (Phi) is 4.58. The van der Waals surface area contributed by atoms with Crippen LogP contribution in [0.2, 0.25) is 0 Å². The maximum Gasteiger partial charge on any atom is 0.175 e. The van der Waals surface area contributed by atoms with Gasteiger partial charge in [-0.3, -0.25) is 14.5 Å². The topological polar surface area (TPSA) is 55.8 Å². The van der Waals surface area contributed by atoms with Gasteiger partial charge in [0.25, 0.3) is 0 Å². The van der Waals surface area contributed by atoms with E-state index in [1.165, 1.54) is 6.42 Å². The number of benzene rings is 1. The Morgan fingerprint density at radius 1 is 1.12 bits per heavy atom. The fourth-order valence-corrected chi connectivity index (χ4v) is 8.02. The average Bonchev–Trinajstić information content (AvgIpc) is 2.94. The number of hydrogen-bond acceptors (Lipinski definition) is 5. The van der Waals surface area contributed by atoms with Crippen LogP contribution >= 0.6 is 0 Å². The number of rotatable bonds is 3. The van der Waals surface area contributed by atoms with Gasteiger partial charge in [0.05, 0.1) is 17.1 Å². The first-order chi connectivity index (χ1) is 15.7. The molecule has 1 aromatic carbocycles. The zero-order valence-electron chi connectivity index (χ0n) is 20.2. The number of allylic oxidation sites excluding steroid dienone is 1. The Morgan fingerprint density at radius 3 is 2.58 bits per heavy atom. The molecule has 3 heterocycles. The highest BCUT2D eigenvalue weighted by molar-refractivity contribution is 6.07. The van der Waals surface area contributed by atoms with E-state index in [0.29, 0.717) is 17.7 Å². The Bertz CT molecular complexity index is 1050. The number of fused-ring (bicyclic) bond motifs is 1. The molecule has 0 aromatic heterocycles. The van der Waals surface area contributed by atoms with Gasteiger partial charge >= 0.3 is 0 Å². The zero-order chi connectivity index (χ0) is 23.2. The van der Waals surface area contributed by atoms with E-state index in [9.17, 15) is 9.59 Å². The second-order valence-electron chi connectivity index (χ2n) is 11.6. The fraction of sp³-hybridized carbons (Fsp3) is 0.643. The number of carbonyl (C=O) groups excluding carboxylic acids is 2. The molecule has 33 heavy (non-hydrogen) atoms. The fourth-order valence-electron chi connectivity index (χ4n) is 8.02. The molecule has 5 fully saturated rings. The molecule has 7 rings (SSSR count). The van der Waals surface area contributed by atoms with Crippen LogP contribution in [0.15, 0.2) is 35.9 Å². The molecule has 4 unspecified atom stereocenters. The second kappa shape index (κ2) is 7.02. The lowest BCUT2D eigenvalue weighted by molar-refractivity contribution is -0.213. The molecule has 3 aliphatic heterocycles. The molecule has 176 valence electrons. The SMILES string of the molecule is CC(C)=CCC12OC(C)(C)C3CC(C1=O)[C@H](N1CCCCC1)[C@H]1C(=O)c4ccccc4OC312. The first kappa shape index (κ1) is 21.5. The molecule has 6 atom stereocenters. The van der Waals surface area contributed by atoms with Gasteiger partial charge in [0.2, 0.25) is 0 Å². The molecule has 4 bridgehead atoms. The van der Waals surface area contributed by atoms with E-state index < -0.39 is 16.8 Å². The van der Waals surface area contributed by atoms with Crippen LogP contribution in [0.1, 0.15) is 70.2 Å². The summed E-state index contributed by atoms with van der Waals surface area (Å²) in [6.07, 6.45) is 6.76. The van der Waals surface area contributed by atoms with Gasteiger partial charge in [-0.2, -0.15) is 0 Å². The van der Waals surface area contributed by atoms with Crippen LogP contribution in [0, 0.1) is 17.8 Å². The predicted molar refractivity (Wildman–Crippen MR) is 125 cm³/mol. The van der Waals surface area contributed by atoms with Crippen molar-refractivity contribution in [3.8, 4) is 5.75 Å². The monoisotopic (exact) mass is 449 g/mol. The second-order valence-corrected chi connectivity index (χ2v) is 11.6. The van der Waals surface area contributed by atoms with E-state index in [1.807, 2.05) is 38.1 Å². The smallest absolute Gasteiger partial charge is 0.175 e. The van der Waals surface area contributed by atoms with Crippen molar-refractivity contribution in [1.29, 1.82) is 0 Å². The van der Waals surface area contributed by atoms with Crippen molar-refractivity contribution in [3.63, 3.8) is 0 Å². The van der Waals surface area contributed by atoms with Gasteiger partial charge in [-0.05, 0) is 72.2 Å². The van der Waals surface area contributed by atoms with Gasteiger partial charge in [0, 0.05) is 24.3 Å². The highest BCUT2D eigenvalue weighted by Gasteiger charge is 2.85. The summed E-state index contributed by atoms with van der Waals surface area (Å²) in [6, 6.07) is 7.50. The molecule has 3 saturated carbocycles. The van der Waals surface area contributed by atoms with Crippen molar-refractivity contribution in [2.75, 3.05) is 13.1 Å². The van der Waals surface area contributed by atoms with Crippen LogP contribution in [0.25, 0.3) is 0 Å². The van der Waals surface area contributed by atoms with Gasteiger partial charge < -0.3 is 9.47 Å². The van der Waals surface area contributed by atoms with E-state index in [2.05, 4.69) is 24.8 Å². The van der Waals surface area contributed by atoms with Crippen molar-refractivity contribution in [1.82, 2.24) is 4.90 Å². The first-order valence-electron chi connectivity index (χ1n) is 12.7. The van der Waals surface area contributed by atoms with Crippen LogP contribution < -0.4 is 4.74 Å². The third-order valence-electron chi connectivity index (χ3n) is 9.19. The van der Waals surface area contributed by atoms with Crippen molar-refractivity contribution >= 4 is 11.6 Å². The van der Waals surface area contributed by atoms with E-state index in [4.69, 9.17) is 9.47 Å². The van der Waals surface area contributed by atoms with Crippen LogP contribution in [-0.2, 0) is 9.53 Å². The summed E-state index contributed by atoms with van der Waals surface area (Å²) in [6.45, 7) is 10.2. The molecule has 5 nitrogen and oxygen atoms in total. The summed E-state index contributed by atoms with van der Waals surface area (Å²) in [4.78, 5) is 31.2. The Morgan fingerprint density at radius 2 is 1.85 bits per heavy atom. The minimum Gasteiger partial charge on any atom is -0.482 e. The molecule has 5 heteroatoms. The maximum atomic E-state index is 14.4. The van der Waals surface area contributed by atoms with E-state index in [-0.39, 0.29) is 35.4 Å². The van der Waals surface area contributed by atoms with E-state index in [0.717, 1.165) is 37.9 Å². The van der Waals surface area contributed by atoms with Crippen LogP contribution in [0.4, 0.5) is 0 Å². The average molecular weight is 450 g/mol. The van der Waals surface area contributed by atoms with Gasteiger partial charge in [-0.25, -0.2) is 0 Å². The molecular formula is C28H35NO4. The van der Waals surface area contributed by atoms with Gasteiger partial charge in [-0.1, -0.05) is 30.2 Å². The molecule has 2 saturated heterocycles. The number of likely N-dealkylation sites (tertiary alicyclic amines) is 1. The first-order valence-corrected chi connectivity index (χ1v) is 12.7. The van der Waals surface area contributed by atoms with E-state index >= 15 is 0 Å². The molecule has 1 spiro atoms. The molecule has 1 aromatic rings. The summed E-state index contributed by atoms with van der Waals surface area (Å²) in [7, 11) is 0. The van der Waals surface area contributed by atoms with Gasteiger partial charge in [0.15, 0.2) is 22.8 Å². The van der Waals surface area contributed by atoms with Crippen molar-refractivity contribution in [3.05, 3.63) is 41.5 Å². The number of nitrogens with zero attached hydrogens (tertiary/aromatic N) is 1. The number of carbonyl (C=O) groups is 2. The molecule has 3 aliphatic carbocycles. The summed E-state index contributed by atoms with van der Waals surface area (Å²) < 4.78 is 13.8. The largest absolute Gasteiger partial charge is 0.482 e. The molecule has 0 N–H and O–H groups in total. The third-order valence-corrected chi connectivity index (χ3v) is 9.19. The predicted octanol–water partition coefficient (Wildman–Crippen LogP) is 4.59. The summed E-state index contributed by atoms with van der Waals surface area (Å²) in [5, 5.41) is 0. The van der Waals surface area contributed by atoms with Crippen molar-refractivity contribution < 1.29 is 19.1 Å². The highest BCUT2D eigenvalue weighted by atomic mass is 16.6. The molecule has 6 aliphatic rings. The number of ether oxygens (including phenoxy) is 2. The number of Topliss-reactive ketones (excluding diaryl/α,β-unsaturated/α-hetero) is 2. The lowest BCUT2D eigenvalue weighted by Gasteiger charge is -2.64. The van der Waals surface area contributed by atoms with Crippen LogP contribution in [0.5, 0.6) is 5.75 Å². The lowest BCUT2D eigenvalue weighted by Crippen LogP contribution is -2.82. The Hall–Kier alpha value is -1.98. The number of piperidine rings is 1. The Balaban J connectivity index is 1.61. The van der Waals surface area contributed by atoms with E-state index in [1.54, 1.807) is 0 Å². The standard InChI is InChI=1S/C28H35NO4/c1-17(2)12-13-27-25(31)19-16-21(26(3,4)33-27)28(27)22(23(19)29-14-8-5-9-15-29)24(30)18-10-6-7-11-20(18)32-28/h6-7,10-12,19,21-23H,5,8-9,13-16H2,1-4H3/t19?,21?,22-,23-,27?,28?/m0/s1. The van der Waals surface area contributed by atoms with Crippen LogP contribution in [0.3, 0.4) is 0 Å². The maximum absolute atomic E-state index is 14.4. The van der Waals surface area contributed by atoms with Crippen molar-refractivity contribution in [2.24, 2.45) is 17.8 Å². The number of hydrogen-bond donors (Lipinski definition) is 0. The summed E-state index contributed by atoms with van der Waals surface area (Å²) >= 11 is 0. The third kappa shape index (κ3) is 2.61. The number of para-hydroxylation sites is 1. The van der Waals surface area contributed by atoms with Crippen molar-refractivity contribution in [2.45, 2.75) is 82.6 Å². The molecule has 0 radical (unpaired) electrons. The zero-order valence-corrected chi connectivity index (χ0v) is 20.2. The van der Waals surface area contributed by atoms with Crippen LogP contribution in [-0.4, -0.2) is 52.4 Å². The molecular weight excluding hydrogens is 414 g/mol. The van der Waals surface area contributed by atoms with Gasteiger partial charge in [0.1, 0.15) is 5.75 Å². The van der Waals surface area contributed by atoms with Gasteiger partial charge in [-0.15, -0.1) is 0 Å². The summed E-state index contributed by atoms with van der Waals surface area (Å²) in [5.74, 6) is 0.307. The Labute approximate surface area is 196 Å². The lowest BCUT2D eigenvalue weighted by atomic mass is 9.44. The quantitative estimate of drug-likeness (QED) is 0.632. The minimum atomic E-state index is -1.12. The highest BCUT2D eigenvalue weighted by Crippen LogP contribution is 2.69. The number of ketones is 2. The molecule has 0 amide bonds. The summed E-state index contributed by atoms with van der Waals surface area (Å²) in [5.41, 5.74) is -0.836. The minimum absolute atomic E-state index is 0.0124.